The maximum absolute atomic E-state index is 6.32. The zero-order valence-electron chi connectivity index (χ0n) is 16.7. The summed E-state index contributed by atoms with van der Waals surface area (Å²) >= 11 is 0. The fourth-order valence-corrected chi connectivity index (χ4v) is 4.88. The summed E-state index contributed by atoms with van der Waals surface area (Å²) in [6.45, 7) is 2.46. The molecule has 28 heavy (non-hydrogen) atoms. The van der Waals surface area contributed by atoms with Gasteiger partial charge in [-0.1, -0.05) is 18.9 Å². The highest BCUT2D eigenvalue weighted by molar-refractivity contribution is 5.20. The first-order chi connectivity index (χ1) is 13.7. The Morgan fingerprint density at radius 3 is 2.71 bits per heavy atom. The number of hydrogen-bond donors (Lipinski definition) is 1. The fourth-order valence-electron chi connectivity index (χ4n) is 4.88. The standard InChI is InChI=1S/C22H30N4O2/c1-27-20-16-25-18(15-26-20)14-23-12-9-21(19-6-2-5-11-24-19)10-13-28-22(17-21)7-3-4-8-22/h2,5-6,11,15-16,23H,3-4,7-10,12-14,17H2,1H3. The lowest BCUT2D eigenvalue weighted by Crippen LogP contribution is -2.47. The first kappa shape index (κ1) is 19.3. The zero-order chi connectivity index (χ0) is 19.3. The molecule has 2 fully saturated rings. The summed E-state index contributed by atoms with van der Waals surface area (Å²) in [4.78, 5) is 13.4. The first-order valence-corrected chi connectivity index (χ1v) is 10.3. The van der Waals surface area contributed by atoms with Crippen molar-refractivity contribution in [2.45, 2.75) is 62.5 Å². The molecule has 2 aromatic heterocycles. The lowest BCUT2D eigenvalue weighted by Gasteiger charge is -2.46. The quantitative estimate of drug-likeness (QED) is 0.740. The Morgan fingerprint density at radius 2 is 2.00 bits per heavy atom. The molecule has 0 bridgehead atoms. The summed E-state index contributed by atoms with van der Waals surface area (Å²) in [5.41, 5.74) is 2.29. The van der Waals surface area contributed by atoms with Gasteiger partial charge in [-0.05, 0) is 50.8 Å². The molecule has 2 aliphatic rings. The van der Waals surface area contributed by atoms with Gasteiger partial charge in [0.05, 0.1) is 30.8 Å². The van der Waals surface area contributed by atoms with Crippen molar-refractivity contribution in [1.82, 2.24) is 20.3 Å². The molecule has 150 valence electrons. The number of nitrogens with zero attached hydrogens (tertiary/aromatic N) is 3. The van der Waals surface area contributed by atoms with Crippen LogP contribution >= 0.6 is 0 Å². The van der Waals surface area contributed by atoms with Crippen LogP contribution in [0.2, 0.25) is 0 Å². The summed E-state index contributed by atoms with van der Waals surface area (Å²) in [6, 6.07) is 6.31. The van der Waals surface area contributed by atoms with E-state index < -0.39 is 0 Å². The normalized spacial score (nSPS) is 23.8. The van der Waals surface area contributed by atoms with E-state index in [0.717, 1.165) is 38.1 Å². The average molecular weight is 383 g/mol. The molecule has 6 nitrogen and oxygen atoms in total. The number of rotatable bonds is 7. The van der Waals surface area contributed by atoms with E-state index in [2.05, 4.69) is 27.4 Å². The third kappa shape index (κ3) is 4.18. The van der Waals surface area contributed by atoms with Gasteiger partial charge in [-0.3, -0.25) is 9.97 Å². The van der Waals surface area contributed by atoms with Crippen molar-refractivity contribution in [2.24, 2.45) is 0 Å². The monoisotopic (exact) mass is 382 g/mol. The van der Waals surface area contributed by atoms with Crippen molar-refractivity contribution < 1.29 is 9.47 Å². The molecular formula is C22H30N4O2. The molecule has 0 radical (unpaired) electrons. The maximum atomic E-state index is 6.32. The summed E-state index contributed by atoms with van der Waals surface area (Å²) in [6.07, 6.45) is 13.5. The van der Waals surface area contributed by atoms with E-state index >= 15 is 0 Å². The minimum atomic E-state index is 0.0667. The fraction of sp³-hybridized carbons (Fsp3) is 0.591. The van der Waals surface area contributed by atoms with E-state index in [1.54, 1.807) is 19.5 Å². The van der Waals surface area contributed by atoms with Gasteiger partial charge in [-0.15, -0.1) is 0 Å². The molecule has 1 N–H and O–H groups in total. The molecule has 1 saturated carbocycles. The van der Waals surface area contributed by atoms with Crippen LogP contribution in [0.15, 0.2) is 36.8 Å². The summed E-state index contributed by atoms with van der Waals surface area (Å²) in [5.74, 6) is 0.543. The number of pyridine rings is 1. The van der Waals surface area contributed by atoms with Crippen molar-refractivity contribution in [2.75, 3.05) is 20.3 Å². The Kier molecular flexibility index (Phi) is 5.87. The third-order valence-electron chi connectivity index (χ3n) is 6.35. The number of nitrogens with one attached hydrogen (secondary N) is 1. The minimum Gasteiger partial charge on any atom is -0.480 e. The second-order valence-electron chi connectivity index (χ2n) is 8.14. The van der Waals surface area contributed by atoms with Crippen LogP contribution in [0.4, 0.5) is 0 Å². The van der Waals surface area contributed by atoms with Crippen LogP contribution < -0.4 is 10.1 Å². The Balaban J connectivity index is 1.42. The topological polar surface area (TPSA) is 69.2 Å². The molecule has 1 atom stereocenters. The number of ether oxygens (including phenoxy) is 2. The van der Waals surface area contributed by atoms with Crippen molar-refractivity contribution >= 4 is 0 Å². The van der Waals surface area contributed by atoms with Gasteiger partial charge in [-0.25, -0.2) is 4.98 Å². The summed E-state index contributed by atoms with van der Waals surface area (Å²) < 4.78 is 11.4. The van der Waals surface area contributed by atoms with Crippen molar-refractivity contribution in [3.8, 4) is 5.88 Å². The van der Waals surface area contributed by atoms with Crippen molar-refractivity contribution in [1.29, 1.82) is 0 Å². The van der Waals surface area contributed by atoms with Crippen LogP contribution in [0.1, 0.15) is 56.3 Å². The van der Waals surface area contributed by atoms with Gasteiger partial charge < -0.3 is 14.8 Å². The second-order valence-corrected chi connectivity index (χ2v) is 8.14. The molecule has 6 heteroatoms. The van der Waals surface area contributed by atoms with Crippen LogP contribution in [0.5, 0.6) is 5.88 Å². The molecule has 1 unspecified atom stereocenters. The third-order valence-corrected chi connectivity index (χ3v) is 6.35. The Morgan fingerprint density at radius 1 is 1.11 bits per heavy atom. The smallest absolute Gasteiger partial charge is 0.231 e. The van der Waals surface area contributed by atoms with E-state index in [4.69, 9.17) is 14.5 Å². The summed E-state index contributed by atoms with van der Waals surface area (Å²) in [5, 5.41) is 3.55. The molecule has 0 amide bonds. The Labute approximate surface area is 167 Å². The molecule has 1 aliphatic carbocycles. The van der Waals surface area contributed by atoms with Crippen LogP contribution in [-0.2, 0) is 16.7 Å². The molecule has 1 spiro atoms. The lowest BCUT2D eigenvalue weighted by atomic mass is 9.68. The molecule has 1 aliphatic heterocycles. The van der Waals surface area contributed by atoms with E-state index in [-0.39, 0.29) is 11.0 Å². The van der Waals surface area contributed by atoms with Crippen LogP contribution in [-0.4, -0.2) is 40.8 Å². The SMILES string of the molecule is COc1cnc(CNCCC2(c3ccccn3)CCOC3(CCCC3)C2)cn1. The molecular weight excluding hydrogens is 352 g/mol. The largest absolute Gasteiger partial charge is 0.480 e. The highest BCUT2D eigenvalue weighted by Crippen LogP contribution is 2.49. The van der Waals surface area contributed by atoms with Crippen molar-refractivity contribution in [3.05, 3.63) is 48.2 Å². The minimum absolute atomic E-state index is 0.0667. The zero-order valence-corrected chi connectivity index (χ0v) is 16.7. The van der Waals surface area contributed by atoms with Crippen LogP contribution in [0.3, 0.4) is 0 Å². The lowest BCUT2D eigenvalue weighted by molar-refractivity contribution is -0.104. The van der Waals surface area contributed by atoms with E-state index in [9.17, 15) is 0 Å². The highest BCUT2D eigenvalue weighted by Gasteiger charge is 2.48. The predicted molar refractivity (Wildman–Crippen MR) is 107 cm³/mol. The average Bonchev–Trinajstić information content (AvgIpc) is 3.19. The van der Waals surface area contributed by atoms with Gasteiger partial charge >= 0.3 is 0 Å². The van der Waals surface area contributed by atoms with E-state index in [1.165, 1.54) is 31.4 Å². The molecule has 3 heterocycles. The highest BCUT2D eigenvalue weighted by atomic mass is 16.5. The van der Waals surface area contributed by atoms with Gasteiger partial charge in [0.1, 0.15) is 0 Å². The van der Waals surface area contributed by atoms with Crippen LogP contribution in [0, 0.1) is 0 Å². The predicted octanol–water partition coefficient (Wildman–Crippen LogP) is 3.42. The summed E-state index contributed by atoms with van der Waals surface area (Å²) in [7, 11) is 1.60. The van der Waals surface area contributed by atoms with Gasteiger partial charge in [-0.2, -0.15) is 0 Å². The van der Waals surface area contributed by atoms with Crippen LogP contribution in [0.25, 0.3) is 0 Å². The van der Waals surface area contributed by atoms with Gasteiger partial charge in [0.15, 0.2) is 0 Å². The van der Waals surface area contributed by atoms with Gasteiger partial charge in [0.2, 0.25) is 5.88 Å². The molecule has 4 rings (SSSR count). The van der Waals surface area contributed by atoms with E-state index in [0.29, 0.717) is 12.4 Å². The molecule has 1 saturated heterocycles. The van der Waals surface area contributed by atoms with E-state index in [1.807, 2.05) is 12.3 Å². The maximum Gasteiger partial charge on any atom is 0.231 e. The number of methoxy groups -OCH3 is 1. The number of aromatic nitrogens is 3. The van der Waals surface area contributed by atoms with Gasteiger partial charge in [0.25, 0.3) is 0 Å². The van der Waals surface area contributed by atoms with Gasteiger partial charge in [0, 0.05) is 30.5 Å². The number of hydrogen-bond acceptors (Lipinski definition) is 6. The first-order valence-electron chi connectivity index (χ1n) is 10.3. The molecule has 2 aromatic rings. The van der Waals surface area contributed by atoms with Crippen molar-refractivity contribution in [3.63, 3.8) is 0 Å². The second kappa shape index (κ2) is 8.53. The Bertz CT molecular complexity index is 747. The molecule has 0 aromatic carbocycles. The Hall–Kier alpha value is -2.05.